The largest absolute Gasteiger partial charge is 0.409 e. The molecule has 1 fully saturated rings. The van der Waals surface area contributed by atoms with Gasteiger partial charge in [-0.15, -0.1) is 10.2 Å². The molecule has 0 aromatic carbocycles. The summed E-state index contributed by atoms with van der Waals surface area (Å²) in [4.78, 5) is 3.51. The van der Waals surface area contributed by atoms with E-state index in [-0.39, 0.29) is 11.9 Å². The molecule has 1 unspecified atom stereocenters. The van der Waals surface area contributed by atoms with Gasteiger partial charge in [0.1, 0.15) is 0 Å². The normalized spacial score (nSPS) is 22.8. The first kappa shape index (κ1) is 10.8. The van der Waals surface area contributed by atoms with Gasteiger partial charge in [0.05, 0.1) is 19.6 Å². The van der Waals surface area contributed by atoms with Gasteiger partial charge in [0.2, 0.25) is 0 Å². The lowest BCUT2D eigenvalue weighted by Gasteiger charge is -2.21. The molecule has 3 N–H and O–H groups in total. The first-order valence-electron chi connectivity index (χ1n) is 5.15. The molecule has 8 heteroatoms. The van der Waals surface area contributed by atoms with Gasteiger partial charge < -0.3 is 10.9 Å². The van der Waals surface area contributed by atoms with Crippen LogP contribution in [0.3, 0.4) is 0 Å². The van der Waals surface area contributed by atoms with Crippen molar-refractivity contribution in [3.05, 3.63) is 5.82 Å². The fourth-order valence-electron chi connectivity index (χ4n) is 1.99. The van der Waals surface area contributed by atoms with Crippen molar-refractivity contribution < 1.29 is 5.21 Å². The van der Waals surface area contributed by atoms with Gasteiger partial charge in [0, 0.05) is 0 Å². The van der Waals surface area contributed by atoms with Crippen molar-refractivity contribution in [3.8, 4) is 0 Å². The maximum atomic E-state index is 8.67. The number of hydrogen-bond donors (Lipinski definition) is 2. The van der Waals surface area contributed by atoms with Crippen molar-refractivity contribution in [2.24, 2.45) is 17.9 Å². The van der Waals surface area contributed by atoms with E-state index in [2.05, 4.69) is 25.5 Å². The number of aromatic nitrogens is 4. The number of hydrogen-bond acceptors (Lipinski definition) is 6. The van der Waals surface area contributed by atoms with Crippen LogP contribution in [0.4, 0.5) is 0 Å². The van der Waals surface area contributed by atoms with Crippen molar-refractivity contribution in [1.82, 2.24) is 25.1 Å². The van der Waals surface area contributed by atoms with Crippen LogP contribution in [-0.2, 0) is 13.6 Å². The Balaban J connectivity index is 2.04. The minimum atomic E-state index is -0.0196. The zero-order valence-electron chi connectivity index (χ0n) is 9.11. The van der Waals surface area contributed by atoms with E-state index in [4.69, 9.17) is 10.9 Å². The van der Waals surface area contributed by atoms with Crippen LogP contribution in [0.15, 0.2) is 5.16 Å². The van der Waals surface area contributed by atoms with E-state index in [1.165, 1.54) is 4.80 Å². The van der Waals surface area contributed by atoms with Gasteiger partial charge >= 0.3 is 0 Å². The summed E-state index contributed by atoms with van der Waals surface area (Å²) in [6.45, 7) is 1.48. The van der Waals surface area contributed by atoms with Gasteiger partial charge in [-0.25, -0.2) is 0 Å². The predicted octanol–water partition coefficient (Wildman–Crippen LogP) is -1.08. The van der Waals surface area contributed by atoms with Crippen LogP contribution >= 0.6 is 0 Å². The van der Waals surface area contributed by atoms with Crippen molar-refractivity contribution in [3.63, 3.8) is 0 Å². The molecular weight excluding hydrogens is 210 g/mol. The molecular formula is C8H15N7O. The molecule has 0 spiro atoms. The Bertz CT molecular complexity index is 387. The standard InChI is InChI=1S/C8H15N7O/c1-14-11-7(10-13-14)5-15-4-2-3-6(15)8(9)12-16/h6,16H,2-5H2,1H3,(H2,9,12). The minimum Gasteiger partial charge on any atom is -0.409 e. The average molecular weight is 225 g/mol. The molecule has 16 heavy (non-hydrogen) atoms. The molecule has 2 rings (SSSR count). The first-order valence-corrected chi connectivity index (χ1v) is 5.15. The summed E-state index contributed by atoms with van der Waals surface area (Å²) in [5.41, 5.74) is 5.62. The van der Waals surface area contributed by atoms with Crippen LogP contribution in [0.1, 0.15) is 18.7 Å². The Morgan fingerprint density at radius 3 is 3.12 bits per heavy atom. The molecule has 0 saturated carbocycles. The van der Waals surface area contributed by atoms with Crippen LogP contribution in [-0.4, -0.2) is 48.7 Å². The summed E-state index contributed by atoms with van der Waals surface area (Å²) in [5.74, 6) is 0.904. The Hall–Kier alpha value is -1.70. The Kier molecular flexibility index (Phi) is 3.00. The smallest absolute Gasteiger partial charge is 0.188 e. The number of rotatable bonds is 3. The molecule has 2 heterocycles. The summed E-state index contributed by atoms with van der Waals surface area (Å²) in [5, 5.41) is 23.5. The second kappa shape index (κ2) is 4.44. The lowest BCUT2D eigenvalue weighted by atomic mass is 10.2. The maximum absolute atomic E-state index is 8.67. The third-order valence-electron chi connectivity index (χ3n) is 2.71. The van der Waals surface area contributed by atoms with Crippen LogP contribution in [0.5, 0.6) is 0 Å². The van der Waals surface area contributed by atoms with Crippen LogP contribution < -0.4 is 5.73 Å². The quantitative estimate of drug-likeness (QED) is 0.293. The van der Waals surface area contributed by atoms with Crippen molar-refractivity contribution in [2.75, 3.05) is 6.54 Å². The molecule has 0 aliphatic carbocycles. The topological polar surface area (TPSA) is 105 Å². The lowest BCUT2D eigenvalue weighted by molar-refractivity contribution is 0.269. The van der Waals surface area contributed by atoms with Crippen LogP contribution in [0.2, 0.25) is 0 Å². The summed E-state index contributed by atoms with van der Waals surface area (Å²) < 4.78 is 0. The molecule has 1 saturated heterocycles. The number of tetrazole rings is 1. The van der Waals surface area contributed by atoms with E-state index in [1.807, 2.05) is 0 Å². The van der Waals surface area contributed by atoms with Crippen molar-refractivity contribution in [2.45, 2.75) is 25.4 Å². The molecule has 0 amide bonds. The van der Waals surface area contributed by atoms with E-state index in [1.54, 1.807) is 7.05 Å². The fraction of sp³-hybridized carbons (Fsp3) is 0.750. The van der Waals surface area contributed by atoms with E-state index in [0.717, 1.165) is 19.4 Å². The van der Waals surface area contributed by atoms with Crippen LogP contribution in [0, 0.1) is 0 Å². The number of oxime groups is 1. The third-order valence-corrected chi connectivity index (χ3v) is 2.71. The van der Waals surface area contributed by atoms with E-state index < -0.39 is 0 Å². The molecule has 1 aliphatic heterocycles. The van der Waals surface area contributed by atoms with Gasteiger partial charge in [0.15, 0.2) is 11.7 Å². The first-order chi connectivity index (χ1) is 7.70. The number of aryl methyl sites for hydroxylation is 1. The van der Waals surface area contributed by atoms with Gasteiger partial charge in [0.25, 0.3) is 0 Å². The molecule has 0 radical (unpaired) electrons. The van der Waals surface area contributed by atoms with Gasteiger partial charge in [-0.3, -0.25) is 4.90 Å². The van der Waals surface area contributed by atoms with E-state index in [0.29, 0.717) is 12.4 Å². The molecule has 0 bridgehead atoms. The Morgan fingerprint density at radius 2 is 2.50 bits per heavy atom. The fourth-order valence-corrected chi connectivity index (χ4v) is 1.99. The number of likely N-dealkylation sites (tertiary alicyclic amines) is 1. The van der Waals surface area contributed by atoms with Crippen LogP contribution in [0.25, 0.3) is 0 Å². The SMILES string of the molecule is Cn1nnc(CN2CCCC2C(N)=NO)n1. The summed E-state index contributed by atoms with van der Waals surface area (Å²) in [6.07, 6.45) is 1.93. The molecule has 88 valence electrons. The second-order valence-corrected chi connectivity index (χ2v) is 3.85. The molecule has 1 aliphatic rings. The summed E-state index contributed by atoms with van der Waals surface area (Å²) >= 11 is 0. The Morgan fingerprint density at radius 1 is 1.69 bits per heavy atom. The molecule has 1 aromatic rings. The minimum absolute atomic E-state index is 0.0196. The highest BCUT2D eigenvalue weighted by Crippen LogP contribution is 2.18. The van der Waals surface area contributed by atoms with Crippen molar-refractivity contribution >= 4 is 5.84 Å². The maximum Gasteiger partial charge on any atom is 0.188 e. The van der Waals surface area contributed by atoms with Gasteiger partial charge in [-0.05, 0) is 24.6 Å². The van der Waals surface area contributed by atoms with E-state index >= 15 is 0 Å². The summed E-state index contributed by atoms with van der Waals surface area (Å²) in [6, 6.07) is -0.0196. The monoisotopic (exact) mass is 225 g/mol. The molecule has 1 aromatic heterocycles. The second-order valence-electron chi connectivity index (χ2n) is 3.85. The van der Waals surface area contributed by atoms with Crippen molar-refractivity contribution in [1.29, 1.82) is 0 Å². The van der Waals surface area contributed by atoms with E-state index in [9.17, 15) is 0 Å². The van der Waals surface area contributed by atoms with Gasteiger partial charge in [-0.1, -0.05) is 5.16 Å². The number of amidine groups is 1. The zero-order valence-corrected chi connectivity index (χ0v) is 9.11. The molecule has 8 nitrogen and oxygen atoms in total. The highest BCUT2D eigenvalue weighted by Gasteiger charge is 2.28. The lowest BCUT2D eigenvalue weighted by Crippen LogP contribution is -2.40. The highest BCUT2D eigenvalue weighted by atomic mass is 16.4. The number of nitrogens with zero attached hydrogens (tertiary/aromatic N) is 6. The zero-order chi connectivity index (χ0) is 11.5. The Labute approximate surface area is 92.7 Å². The third kappa shape index (κ3) is 2.11. The number of nitrogens with two attached hydrogens (primary N) is 1. The summed E-state index contributed by atoms with van der Waals surface area (Å²) in [7, 11) is 1.72. The highest BCUT2D eigenvalue weighted by molar-refractivity contribution is 5.85. The molecule has 1 atom stereocenters. The predicted molar refractivity (Wildman–Crippen MR) is 55.6 cm³/mol. The average Bonchev–Trinajstić information content (AvgIpc) is 2.87. The van der Waals surface area contributed by atoms with Gasteiger partial charge in [-0.2, -0.15) is 4.80 Å².